The Hall–Kier alpha value is -3.44. The van der Waals surface area contributed by atoms with E-state index < -0.39 is 12.2 Å². The van der Waals surface area contributed by atoms with Crippen molar-refractivity contribution in [3.63, 3.8) is 0 Å². The maximum atomic E-state index is 11.7. The van der Waals surface area contributed by atoms with E-state index in [2.05, 4.69) is 40.9 Å². The number of anilines is 2. The van der Waals surface area contributed by atoms with E-state index in [4.69, 9.17) is 5.73 Å². The lowest BCUT2D eigenvalue weighted by Crippen LogP contribution is -2.40. The molecular weight excluding hydrogens is 496 g/mol. The van der Waals surface area contributed by atoms with Gasteiger partial charge in [-0.3, -0.25) is 4.57 Å². The number of aryl methyl sites for hydroxylation is 1. The minimum absolute atomic E-state index is 0.0879. The van der Waals surface area contributed by atoms with Crippen molar-refractivity contribution in [1.82, 2.24) is 14.9 Å². The van der Waals surface area contributed by atoms with Gasteiger partial charge < -0.3 is 41.3 Å². The fourth-order valence-electron chi connectivity index (χ4n) is 5.42. The Balaban J connectivity index is 0.000000161. The van der Waals surface area contributed by atoms with Crippen LogP contribution < -0.4 is 27.0 Å². The van der Waals surface area contributed by atoms with E-state index in [0.29, 0.717) is 19.0 Å². The van der Waals surface area contributed by atoms with Crippen LogP contribution in [0.2, 0.25) is 0 Å². The molecule has 10 heteroatoms. The van der Waals surface area contributed by atoms with Gasteiger partial charge in [-0.1, -0.05) is 44.7 Å². The molecule has 0 spiro atoms. The first-order valence-corrected chi connectivity index (χ1v) is 13.4. The fourth-order valence-corrected chi connectivity index (χ4v) is 5.42. The summed E-state index contributed by atoms with van der Waals surface area (Å²) in [6.45, 7) is 12.8. The quantitative estimate of drug-likeness (QED) is 0.293. The van der Waals surface area contributed by atoms with Crippen molar-refractivity contribution in [2.75, 3.05) is 16.8 Å². The summed E-state index contributed by atoms with van der Waals surface area (Å²) in [4.78, 5) is 26.1. The SMILES string of the molecule is C=C1Nc2cccc3c2N1CCC(NC(C)C)C3O.CC(C)=O.NC1CCn2c(=O)[nH]c3cccc(c32)C1O. The van der Waals surface area contributed by atoms with Crippen molar-refractivity contribution in [3.05, 3.63) is 70.4 Å². The monoisotopic (exact) mass is 536 g/mol. The molecule has 0 fully saturated rings. The van der Waals surface area contributed by atoms with Gasteiger partial charge in [0.15, 0.2) is 0 Å². The summed E-state index contributed by atoms with van der Waals surface area (Å²) in [5, 5.41) is 27.5. The van der Waals surface area contributed by atoms with Crippen LogP contribution in [-0.2, 0) is 11.3 Å². The van der Waals surface area contributed by atoms with Gasteiger partial charge in [0.1, 0.15) is 11.6 Å². The van der Waals surface area contributed by atoms with Crippen molar-refractivity contribution < 1.29 is 15.0 Å². The first-order valence-electron chi connectivity index (χ1n) is 13.4. The third kappa shape index (κ3) is 5.94. The highest BCUT2D eigenvalue weighted by Crippen LogP contribution is 2.44. The number of nitrogens with one attached hydrogen (secondary N) is 3. The van der Waals surface area contributed by atoms with Gasteiger partial charge in [-0.25, -0.2) is 4.79 Å². The van der Waals surface area contributed by atoms with Gasteiger partial charge >= 0.3 is 5.69 Å². The number of H-pyrrole nitrogens is 1. The standard InChI is InChI=1S/C15H21N3O.C11H13N3O2.C3H6O/c1-9(2)16-13-7-8-18-10(3)17-12-6-4-5-11(14(12)18)15(13)19;12-7-4-5-14-9-6(10(7)15)2-1-3-8(9)13-11(14)16;1-3(2)4/h4-6,9,13,15-17,19H,3,7-8H2,1-2H3;1-3,7,10,15H,4-5,12H2,(H,13,16);1-2H3. The van der Waals surface area contributed by atoms with E-state index in [-0.39, 0.29) is 23.6 Å². The number of nitrogens with zero attached hydrogens (tertiary/aromatic N) is 2. The van der Waals surface area contributed by atoms with E-state index in [1.165, 1.54) is 13.8 Å². The Morgan fingerprint density at radius 1 is 1.08 bits per heavy atom. The number of benzene rings is 2. The fraction of sp³-hybridized carbons (Fsp3) is 0.448. The second-order valence-corrected chi connectivity index (χ2v) is 10.8. The third-order valence-electron chi connectivity index (χ3n) is 7.09. The summed E-state index contributed by atoms with van der Waals surface area (Å²) in [6, 6.07) is 11.6. The summed E-state index contributed by atoms with van der Waals surface area (Å²) in [5.74, 6) is 1.07. The molecule has 3 aromatic rings. The number of aromatic amines is 1. The van der Waals surface area contributed by atoms with Crippen LogP contribution in [0.15, 0.2) is 53.6 Å². The minimum Gasteiger partial charge on any atom is -0.387 e. The maximum absolute atomic E-state index is 11.7. The molecule has 3 aliphatic rings. The van der Waals surface area contributed by atoms with E-state index in [0.717, 1.165) is 52.3 Å². The van der Waals surface area contributed by atoms with Gasteiger partial charge in [0, 0.05) is 42.3 Å². The van der Waals surface area contributed by atoms with Gasteiger partial charge in [-0.05, 0) is 38.8 Å². The highest BCUT2D eigenvalue weighted by atomic mass is 16.3. The first-order chi connectivity index (χ1) is 18.5. The van der Waals surface area contributed by atoms with Gasteiger partial charge in [0.2, 0.25) is 0 Å². The molecule has 0 radical (unpaired) electrons. The van der Waals surface area contributed by atoms with Crippen LogP contribution in [-0.4, -0.2) is 50.2 Å². The Labute approximate surface area is 228 Å². The molecule has 4 heterocycles. The number of hydrogen-bond acceptors (Lipinski definition) is 8. The number of carbonyl (C=O) groups is 1. The molecule has 0 aliphatic carbocycles. The second kappa shape index (κ2) is 11.7. The number of hydrogen-bond donors (Lipinski definition) is 6. The lowest BCUT2D eigenvalue weighted by molar-refractivity contribution is -0.115. The van der Waals surface area contributed by atoms with Crippen molar-refractivity contribution in [2.45, 2.75) is 77.4 Å². The van der Waals surface area contributed by atoms with Gasteiger partial charge in [-0.2, -0.15) is 0 Å². The number of ketones is 1. The van der Waals surface area contributed by atoms with Gasteiger partial charge in [-0.15, -0.1) is 0 Å². The van der Waals surface area contributed by atoms with Gasteiger partial charge in [0.05, 0.1) is 34.6 Å². The highest BCUT2D eigenvalue weighted by molar-refractivity contribution is 5.84. The predicted molar refractivity (Wildman–Crippen MR) is 155 cm³/mol. The molecule has 210 valence electrons. The number of rotatable bonds is 2. The number of Topliss-reactive ketones (excluding diaryl/α,β-unsaturated/α-hetero) is 1. The minimum atomic E-state index is -0.701. The topological polar surface area (TPSA) is 149 Å². The molecule has 1 aromatic heterocycles. The molecule has 6 rings (SSSR count). The third-order valence-corrected chi connectivity index (χ3v) is 7.09. The van der Waals surface area contributed by atoms with Crippen LogP contribution in [0.25, 0.3) is 11.0 Å². The zero-order valence-electron chi connectivity index (χ0n) is 23.1. The summed E-state index contributed by atoms with van der Waals surface area (Å²) in [7, 11) is 0. The van der Waals surface area contributed by atoms with Crippen molar-refractivity contribution in [1.29, 1.82) is 0 Å². The van der Waals surface area contributed by atoms with Crippen LogP contribution in [0.5, 0.6) is 0 Å². The molecule has 0 bridgehead atoms. The number of nitrogens with two attached hydrogens (primary N) is 1. The average molecular weight is 537 g/mol. The Kier molecular flexibility index (Phi) is 8.60. The predicted octanol–water partition coefficient (Wildman–Crippen LogP) is 2.88. The lowest BCUT2D eigenvalue weighted by atomic mass is 9.99. The Bertz CT molecular complexity index is 1410. The number of aliphatic hydroxyl groups excluding tert-OH is 2. The largest absolute Gasteiger partial charge is 0.387 e. The number of aromatic nitrogens is 2. The normalized spacial score (nSPS) is 23.1. The number of para-hydroxylation sites is 2. The smallest absolute Gasteiger partial charge is 0.326 e. The summed E-state index contributed by atoms with van der Waals surface area (Å²) < 4.78 is 1.65. The number of aliphatic hydroxyl groups is 2. The Morgan fingerprint density at radius 2 is 1.74 bits per heavy atom. The number of imidazole rings is 1. The van der Waals surface area contributed by atoms with Crippen LogP contribution in [0, 0.1) is 0 Å². The van der Waals surface area contributed by atoms with Crippen molar-refractivity contribution in [2.24, 2.45) is 5.73 Å². The molecule has 4 unspecified atom stereocenters. The van der Waals surface area contributed by atoms with Crippen LogP contribution in [0.3, 0.4) is 0 Å². The molecule has 3 aliphatic heterocycles. The lowest BCUT2D eigenvalue weighted by Gasteiger charge is -2.25. The molecule has 2 aromatic carbocycles. The van der Waals surface area contributed by atoms with E-state index in [1.54, 1.807) is 4.57 Å². The van der Waals surface area contributed by atoms with Crippen molar-refractivity contribution >= 4 is 28.2 Å². The average Bonchev–Trinajstić information content (AvgIpc) is 3.28. The highest BCUT2D eigenvalue weighted by Gasteiger charge is 2.35. The van der Waals surface area contributed by atoms with Crippen LogP contribution in [0.1, 0.15) is 63.9 Å². The molecule has 0 saturated heterocycles. The zero-order valence-corrected chi connectivity index (χ0v) is 23.1. The first kappa shape index (κ1) is 28.6. The van der Waals surface area contributed by atoms with Gasteiger partial charge in [0.25, 0.3) is 0 Å². The summed E-state index contributed by atoms with van der Waals surface area (Å²) >= 11 is 0. The zero-order chi connectivity index (χ0) is 28.4. The molecule has 39 heavy (non-hydrogen) atoms. The van der Waals surface area contributed by atoms with E-state index in [9.17, 15) is 19.8 Å². The summed E-state index contributed by atoms with van der Waals surface area (Å²) in [6.07, 6.45) is 0.319. The second-order valence-electron chi connectivity index (χ2n) is 10.8. The number of carbonyl (C=O) groups excluding carboxylic acids is 1. The molecular formula is C29H40N6O4. The Morgan fingerprint density at radius 3 is 2.44 bits per heavy atom. The maximum Gasteiger partial charge on any atom is 0.326 e. The van der Waals surface area contributed by atoms with Crippen molar-refractivity contribution in [3.8, 4) is 0 Å². The van der Waals surface area contributed by atoms with Crippen LogP contribution >= 0.6 is 0 Å². The molecule has 4 atom stereocenters. The van der Waals surface area contributed by atoms with E-state index >= 15 is 0 Å². The molecule has 10 nitrogen and oxygen atoms in total. The molecule has 0 saturated carbocycles. The molecule has 0 amide bonds. The van der Waals surface area contributed by atoms with Crippen LogP contribution in [0.4, 0.5) is 11.4 Å². The summed E-state index contributed by atoms with van der Waals surface area (Å²) in [5.41, 5.74) is 11.1. The molecule has 7 N–H and O–H groups in total. The van der Waals surface area contributed by atoms with E-state index in [1.807, 2.05) is 36.4 Å².